The van der Waals surface area contributed by atoms with Crippen LogP contribution in [0.3, 0.4) is 0 Å². The molecule has 4 N–H and O–H groups in total. The van der Waals surface area contributed by atoms with Gasteiger partial charge in [0, 0.05) is 13.1 Å². The summed E-state index contributed by atoms with van der Waals surface area (Å²) in [5.74, 6) is 3.31. The highest BCUT2D eigenvalue weighted by Gasteiger charge is 2.37. The number of ether oxygens (including phenoxy) is 1. The molecule has 1 rings (SSSR count). The highest BCUT2D eigenvalue weighted by Crippen LogP contribution is 2.20. The summed E-state index contributed by atoms with van der Waals surface area (Å²) in [6.45, 7) is 3.85. The SMILES string of the molecule is CC1(C)CN(C(=O)C(=O)NN)CC(CO)O1. The number of rotatable bonds is 1. The van der Waals surface area contributed by atoms with Crippen LogP contribution in [0.5, 0.6) is 0 Å². The molecule has 0 spiro atoms. The zero-order valence-electron chi connectivity index (χ0n) is 9.40. The monoisotopic (exact) mass is 231 g/mol. The molecule has 0 aliphatic carbocycles. The van der Waals surface area contributed by atoms with Gasteiger partial charge >= 0.3 is 11.8 Å². The smallest absolute Gasteiger partial charge is 0.323 e. The topological polar surface area (TPSA) is 105 Å². The molecule has 1 aliphatic rings. The fourth-order valence-corrected chi connectivity index (χ4v) is 1.75. The number of morpholine rings is 1. The van der Waals surface area contributed by atoms with E-state index in [1.807, 2.05) is 0 Å². The van der Waals surface area contributed by atoms with Crippen LogP contribution in [0, 0.1) is 0 Å². The molecule has 0 radical (unpaired) electrons. The van der Waals surface area contributed by atoms with E-state index in [4.69, 9.17) is 15.7 Å². The molecule has 1 heterocycles. The first kappa shape index (κ1) is 12.9. The highest BCUT2D eigenvalue weighted by atomic mass is 16.5. The van der Waals surface area contributed by atoms with Gasteiger partial charge in [0.15, 0.2) is 0 Å². The van der Waals surface area contributed by atoms with Gasteiger partial charge in [0.2, 0.25) is 0 Å². The standard InChI is InChI=1S/C9H17N3O4/c1-9(2)5-12(3-6(4-13)16-9)8(15)7(14)11-10/h6,13H,3-5,10H2,1-2H3,(H,11,14). The molecule has 7 heteroatoms. The minimum absolute atomic E-state index is 0.187. The van der Waals surface area contributed by atoms with Crippen molar-refractivity contribution in [3.8, 4) is 0 Å². The quantitative estimate of drug-likeness (QED) is 0.209. The van der Waals surface area contributed by atoms with E-state index < -0.39 is 23.5 Å². The van der Waals surface area contributed by atoms with Gasteiger partial charge in [-0.25, -0.2) is 5.84 Å². The average molecular weight is 231 g/mol. The molecule has 1 aliphatic heterocycles. The summed E-state index contributed by atoms with van der Waals surface area (Å²) < 4.78 is 5.51. The number of carbonyl (C=O) groups excluding carboxylic acids is 2. The maximum absolute atomic E-state index is 11.6. The van der Waals surface area contributed by atoms with Crippen molar-refractivity contribution in [1.29, 1.82) is 0 Å². The molecule has 1 unspecified atom stereocenters. The molecule has 92 valence electrons. The molecule has 0 aromatic rings. The van der Waals surface area contributed by atoms with Crippen molar-refractivity contribution in [1.82, 2.24) is 10.3 Å². The summed E-state index contributed by atoms with van der Waals surface area (Å²) in [5.41, 5.74) is 1.20. The maximum atomic E-state index is 11.6. The minimum Gasteiger partial charge on any atom is -0.394 e. The number of amides is 2. The number of aliphatic hydroxyl groups excluding tert-OH is 1. The molecule has 1 saturated heterocycles. The van der Waals surface area contributed by atoms with Crippen molar-refractivity contribution in [2.45, 2.75) is 25.6 Å². The van der Waals surface area contributed by atoms with Crippen LogP contribution >= 0.6 is 0 Å². The predicted octanol–water partition coefficient (Wildman–Crippen LogP) is -2.03. The number of aliphatic hydroxyl groups is 1. The Kier molecular flexibility index (Phi) is 3.84. The fraction of sp³-hybridized carbons (Fsp3) is 0.778. The third-order valence-corrected chi connectivity index (χ3v) is 2.30. The molecular formula is C9H17N3O4. The van der Waals surface area contributed by atoms with Crippen LogP contribution in [0.25, 0.3) is 0 Å². The second-order valence-electron chi connectivity index (χ2n) is 4.34. The molecule has 16 heavy (non-hydrogen) atoms. The van der Waals surface area contributed by atoms with E-state index >= 15 is 0 Å². The van der Waals surface area contributed by atoms with E-state index in [0.29, 0.717) is 0 Å². The van der Waals surface area contributed by atoms with Gasteiger partial charge in [-0.3, -0.25) is 15.0 Å². The largest absolute Gasteiger partial charge is 0.394 e. The number of hydrogen-bond acceptors (Lipinski definition) is 5. The molecule has 0 saturated carbocycles. The second-order valence-corrected chi connectivity index (χ2v) is 4.34. The van der Waals surface area contributed by atoms with Crippen LogP contribution in [0.2, 0.25) is 0 Å². The molecule has 0 aromatic heterocycles. The Balaban J connectivity index is 2.73. The van der Waals surface area contributed by atoms with Gasteiger partial charge in [-0.05, 0) is 13.8 Å². The zero-order valence-corrected chi connectivity index (χ0v) is 9.40. The van der Waals surface area contributed by atoms with E-state index in [-0.39, 0.29) is 19.7 Å². The van der Waals surface area contributed by atoms with Gasteiger partial charge in [0.1, 0.15) is 0 Å². The first-order chi connectivity index (χ1) is 7.39. The lowest BCUT2D eigenvalue weighted by atomic mass is 10.1. The van der Waals surface area contributed by atoms with Crippen LogP contribution in [-0.4, -0.2) is 53.2 Å². The number of nitrogens with two attached hydrogens (primary N) is 1. The maximum Gasteiger partial charge on any atom is 0.323 e. The normalized spacial score (nSPS) is 24.0. The fourth-order valence-electron chi connectivity index (χ4n) is 1.75. The predicted molar refractivity (Wildman–Crippen MR) is 54.9 cm³/mol. The number of hydrazine groups is 1. The Morgan fingerprint density at radius 3 is 2.75 bits per heavy atom. The van der Waals surface area contributed by atoms with Crippen molar-refractivity contribution in [2.24, 2.45) is 5.84 Å². The molecule has 1 fully saturated rings. The number of hydrogen-bond donors (Lipinski definition) is 3. The van der Waals surface area contributed by atoms with Crippen molar-refractivity contribution < 1.29 is 19.4 Å². The molecular weight excluding hydrogens is 214 g/mol. The van der Waals surface area contributed by atoms with Gasteiger partial charge < -0.3 is 14.7 Å². The minimum atomic E-state index is -0.866. The number of nitrogens with one attached hydrogen (secondary N) is 1. The van der Waals surface area contributed by atoms with Crippen LogP contribution in [0.1, 0.15) is 13.8 Å². The summed E-state index contributed by atoms with van der Waals surface area (Å²) in [6, 6.07) is 0. The Morgan fingerprint density at radius 2 is 2.25 bits per heavy atom. The molecule has 2 amide bonds. The van der Waals surface area contributed by atoms with Gasteiger partial charge in [0.05, 0.1) is 18.3 Å². The van der Waals surface area contributed by atoms with E-state index in [1.165, 1.54) is 4.90 Å². The van der Waals surface area contributed by atoms with Gasteiger partial charge in [0.25, 0.3) is 0 Å². The summed E-state index contributed by atoms with van der Waals surface area (Å²) >= 11 is 0. The molecule has 0 aromatic carbocycles. The summed E-state index contributed by atoms with van der Waals surface area (Å²) in [6.07, 6.45) is -0.474. The Bertz CT molecular complexity index is 292. The third kappa shape index (κ3) is 2.91. The highest BCUT2D eigenvalue weighted by molar-refractivity contribution is 6.34. The van der Waals surface area contributed by atoms with Gasteiger partial charge in [-0.2, -0.15) is 0 Å². The summed E-state index contributed by atoms with van der Waals surface area (Å²) in [7, 11) is 0. The molecule has 1 atom stereocenters. The second kappa shape index (κ2) is 4.77. The van der Waals surface area contributed by atoms with E-state index in [9.17, 15) is 9.59 Å². The van der Waals surface area contributed by atoms with Crippen molar-refractivity contribution >= 4 is 11.8 Å². The van der Waals surface area contributed by atoms with E-state index in [2.05, 4.69) is 0 Å². The first-order valence-electron chi connectivity index (χ1n) is 4.98. The Labute approximate surface area is 93.5 Å². The van der Waals surface area contributed by atoms with Gasteiger partial charge in [-0.1, -0.05) is 0 Å². The average Bonchev–Trinajstić information content (AvgIpc) is 2.24. The van der Waals surface area contributed by atoms with Crippen molar-refractivity contribution in [3.63, 3.8) is 0 Å². The van der Waals surface area contributed by atoms with Crippen LogP contribution in [-0.2, 0) is 14.3 Å². The van der Waals surface area contributed by atoms with E-state index in [0.717, 1.165) is 0 Å². The van der Waals surface area contributed by atoms with E-state index in [1.54, 1.807) is 19.3 Å². The number of carbonyl (C=O) groups is 2. The van der Waals surface area contributed by atoms with Crippen LogP contribution < -0.4 is 11.3 Å². The lowest BCUT2D eigenvalue weighted by Gasteiger charge is -2.41. The van der Waals surface area contributed by atoms with Crippen LogP contribution in [0.4, 0.5) is 0 Å². The Morgan fingerprint density at radius 1 is 1.62 bits per heavy atom. The summed E-state index contributed by atoms with van der Waals surface area (Å²) in [5, 5.41) is 9.03. The molecule has 0 bridgehead atoms. The lowest BCUT2D eigenvalue weighted by molar-refractivity contribution is -0.170. The molecule has 7 nitrogen and oxygen atoms in total. The number of nitrogens with zero attached hydrogens (tertiary/aromatic N) is 1. The van der Waals surface area contributed by atoms with Crippen LogP contribution in [0.15, 0.2) is 0 Å². The third-order valence-electron chi connectivity index (χ3n) is 2.30. The lowest BCUT2D eigenvalue weighted by Crippen LogP contribution is -2.58. The van der Waals surface area contributed by atoms with Crippen molar-refractivity contribution in [2.75, 3.05) is 19.7 Å². The first-order valence-corrected chi connectivity index (χ1v) is 4.98. The summed E-state index contributed by atoms with van der Waals surface area (Å²) in [4.78, 5) is 24.0. The van der Waals surface area contributed by atoms with Gasteiger partial charge in [-0.15, -0.1) is 0 Å². The zero-order chi connectivity index (χ0) is 12.3. The van der Waals surface area contributed by atoms with Crippen molar-refractivity contribution in [3.05, 3.63) is 0 Å². The Hall–Kier alpha value is -1.18.